The van der Waals surface area contributed by atoms with Crippen LogP contribution < -0.4 is 10.1 Å². The maximum atomic E-state index is 12.1. The zero-order chi connectivity index (χ0) is 15.7. The standard InChI is InChI=1S/C16H26N2O3/c1-4-10-18(11-13(19)5-2)12-16(20)17-14-8-6-7-9-15(14)21-3/h6-9,13,19H,4-5,10-12H2,1-3H3,(H,17,20)/t13-/m1/s1. The molecule has 1 atom stereocenters. The summed E-state index contributed by atoms with van der Waals surface area (Å²) < 4.78 is 5.21. The number of benzene rings is 1. The lowest BCUT2D eigenvalue weighted by Crippen LogP contribution is -2.38. The van der Waals surface area contributed by atoms with Gasteiger partial charge in [0.2, 0.25) is 5.91 Å². The van der Waals surface area contributed by atoms with Gasteiger partial charge in [0, 0.05) is 6.54 Å². The summed E-state index contributed by atoms with van der Waals surface area (Å²) in [7, 11) is 1.58. The molecule has 1 aromatic rings. The number of aliphatic hydroxyl groups excluding tert-OH is 1. The molecule has 0 bridgehead atoms. The monoisotopic (exact) mass is 294 g/mol. The predicted molar refractivity (Wildman–Crippen MR) is 84.7 cm³/mol. The van der Waals surface area contributed by atoms with E-state index in [0.29, 0.717) is 24.4 Å². The summed E-state index contributed by atoms with van der Waals surface area (Å²) in [6, 6.07) is 7.32. The normalized spacial score (nSPS) is 12.2. The first kappa shape index (κ1) is 17.5. The third-order valence-corrected chi connectivity index (χ3v) is 3.23. The predicted octanol–water partition coefficient (Wildman–Crippen LogP) is 2.12. The average Bonchev–Trinajstić information content (AvgIpc) is 2.47. The van der Waals surface area contributed by atoms with E-state index < -0.39 is 6.10 Å². The molecule has 0 saturated carbocycles. The average molecular weight is 294 g/mol. The first-order valence-corrected chi connectivity index (χ1v) is 7.43. The molecular weight excluding hydrogens is 268 g/mol. The van der Waals surface area contributed by atoms with Crippen LogP contribution in [0.5, 0.6) is 5.75 Å². The van der Waals surface area contributed by atoms with Crippen LogP contribution in [0.3, 0.4) is 0 Å². The molecule has 0 saturated heterocycles. The first-order chi connectivity index (χ1) is 10.1. The van der Waals surface area contributed by atoms with Crippen LogP contribution in [0.2, 0.25) is 0 Å². The van der Waals surface area contributed by atoms with Crippen molar-refractivity contribution in [1.29, 1.82) is 0 Å². The van der Waals surface area contributed by atoms with Gasteiger partial charge in [0.05, 0.1) is 25.4 Å². The maximum Gasteiger partial charge on any atom is 0.238 e. The molecule has 0 aromatic heterocycles. The molecule has 0 aliphatic heterocycles. The number of anilines is 1. The fourth-order valence-electron chi connectivity index (χ4n) is 2.12. The van der Waals surface area contributed by atoms with Gasteiger partial charge in [-0.1, -0.05) is 26.0 Å². The minimum absolute atomic E-state index is 0.101. The van der Waals surface area contributed by atoms with Crippen molar-refractivity contribution in [1.82, 2.24) is 4.90 Å². The van der Waals surface area contributed by atoms with Gasteiger partial charge in [0.25, 0.3) is 0 Å². The Kier molecular flexibility index (Phi) is 7.79. The topological polar surface area (TPSA) is 61.8 Å². The summed E-state index contributed by atoms with van der Waals surface area (Å²) in [6.45, 7) is 5.57. The van der Waals surface area contributed by atoms with Gasteiger partial charge < -0.3 is 15.2 Å². The van der Waals surface area contributed by atoms with Crippen LogP contribution in [-0.2, 0) is 4.79 Å². The lowest BCUT2D eigenvalue weighted by molar-refractivity contribution is -0.117. The highest BCUT2D eigenvalue weighted by molar-refractivity contribution is 5.93. The number of rotatable bonds is 9. The Hall–Kier alpha value is -1.59. The Morgan fingerprint density at radius 3 is 2.71 bits per heavy atom. The van der Waals surface area contributed by atoms with E-state index in [1.807, 2.05) is 30.0 Å². The number of nitrogens with one attached hydrogen (secondary N) is 1. The van der Waals surface area contributed by atoms with Gasteiger partial charge in [-0.25, -0.2) is 0 Å². The highest BCUT2D eigenvalue weighted by Crippen LogP contribution is 2.22. The van der Waals surface area contributed by atoms with Gasteiger partial charge in [-0.05, 0) is 31.5 Å². The van der Waals surface area contributed by atoms with Crippen LogP contribution in [0.4, 0.5) is 5.69 Å². The van der Waals surface area contributed by atoms with Crippen LogP contribution in [0.1, 0.15) is 26.7 Å². The molecule has 2 N–H and O–H groups in total. The van der Waals surface area contributed by atoms with Crippen LogP contribution in [0.15, 0.2) is 24.3 Å². The third kappa shape index (κ3) is 6.14. The molecule has 1 rings (SSSR count). The number of carbonyl (C=O) groups excluding carboxylic acids is 1. The summed E-state index contributed by atoms with van der Waals surface area (Å²) in [6.07, 6.45) is 1.24. The van der Waals surface area contributed by atoms with E-state index in [1.54, 1.807) is 13.2 Å². The molecule has 118 valence electrons. The molecule has 0 spiro atoms. The second-order valence-electron chi connectivity index (χ2n) is 5.05. The van der Waals surface area contributed by atoms with E-state index in [2.05, 4.69) is 12.2 Å². The molecule has 1 aromatic carbocycles. The second-order valence-corrected chi connectivity index (χ2v) is 5.05. The van der Waals surface area contributed by atoms with Gasteiger partial charge in [0.1, 0.15) is 5.75 Å². The fraction of sp³-hybridized carbons (Fsp3) is 0.562. The summed E-state index contributed by atoms with van der Waals surface area (Å²) in [5, 5.41) is 12.6. The zero-order valence-corrected chi connectivity index (χ0v) is 13.1. The highest BCUT2D eigenvalue weighted by Gasteiger charge is 2.14. The molecule has 5 nitrogen and oxygen atoms in total. The largest absolute Gasteiger partial charge is 0.495 e. The van der Waals surface area contributed by atoms with E-state index in [-0.39, 0.29) is 12.5 Å². The molecule has 5 heteroatoms. The zero-order valence-electron chi connectivity index (χ0n) is 13.1. The molecule has 21 heavy (non-hydrogen) atoms. The van der Waals surface area contributed by atoms with Crippen LogP contribution in [0.25, 0.3) is 0 Å². The quantitative estimate of drug-likeness (QED) is 0.732. The highest BCUT2D eigenvalue weighted by atomic mass is 16.5. The van der Waals surface area contributed by atoms with E-state index in [1.165, 1.54) is 0 Å². The van der Waals surface area contributed by atoms with Crippen molar-refractivity contribution >= 4 is 11.6 Å². The Bertz CT molecular complexity index is 437. The molecule has 0 heterocycles. The van der Waals surface area contributed by atoms with Crippen LogP contribution >= 0.6 is 0 Å². The number of amides is 1. The number of aliphatic hydroxyl groups is 1. The third-order valence-electron chi connectivity index (χ3n) is 3.23. The summed E-state index contributed by atoms with van der Waals surface area (Å²) >= 11 is 0. The lowest BCUT2D eigenvalue weighted by atomic mass is 10.2. The fourth-order valence-corrected chi connectivity index (χ4v) is 2.12. The maximum absolute atomic E-state index is 12.1. The number of ether oxygens (including phenoxy) is 1. The molecule has 1 amide bonds. The number of hydrogen-bond donors (Lipinski definition) is 2. The summed E-state index contributed by atoms with van der Waals surface area (Å²) in [4.78, 5) is 14.1. The first-order valence-electron chi connectivity index (χ1n) is 7.43. The number of nitrogens with zero attached hydrogens (tertiary/aromatic N) is 1. The van der Waals surface area contributed by atoms with Gasteiger partial charge in [-0.2, -0.15) is 0 Å². The minimum Gasteiger partial charge on any atom is -0.495 e. The molecule has 0 radical (unpaired) electrons. The summed E-state index contributed by atoms with van der Waals surface area (Å²) in [5.41, 5.74) is 0.664. The van der Waals surface area contributed by atoms with Crippen molar-refractivity contribution in [2.24, 2.45) is 0 Å². The van der Waals surface area contributed by atoms with E-state index in [4.69, 9.17) is 4.74 Å². The number of carbonyl (C=O) groups is 1. The molecule has 0 fully saturated rings. The smallest absolute Gasteiger partial charge is 0.238 e. The van der Waals surface area contributed by atoms with E-state index in [0.717, 1.165) is 13.0 Å². The van der Waals surface area contributed by atoms with Crippen LogP contribution in [-0.4, -0.2) is 48.8 Å². The van der Waals surface area contributed by atoms with Crippen molar-refractivity contribution in [2.45, 2.75) is 32.8 Å². The van der Waals surface area contributed by atoms with Gasteiger partial charge in [-0.3, -0.25) is 9.69 Å². The SMILES string of the molecule is CCCN(CC(=O)Nc1ccccc1OC)C[C@H](O)CC. The van der Waals surface area contributed by atoms with Gasteiger partial charge in [0.15, 0.2) is 0 Å². The second kappa shape index (κ2) is 9.37. The number of hydrogen-bond acceptors (Lipinski definition) is 4. The van der Waals surface area contributed by atoms with Crippen molar-refractivity contribution in [3.05, 3.63) is 24.3 Å². The molecule has 0 aliphatic carbocycles. The van der Waals surface area contributed by atoms with Crippen molar-refractivity contribution < 1.29 is 14.6 Å². The Labute approximate surface area is 126 Å². The Balaban J connectivity index is 2.60. The van der Waals surface area contributed by atoms with Gasteiger partial charge in [-0.15, -0.1) is 0 Å². The molecule has 0 unspecified atom stereocenters. The lowest BCUT2D eigenvalue weighted by Gasteiger charge is -2.23. The summed E-state index contributed by atoms with van der Waals surface area (Å²) in [5.74, 6) is 0.540. The van der Waals surface area contributed by atoms with E-state index in [9.17, 15) is 9.90 Å². The Morgan fingerprint density at radius 2 is 2.10 bits per heavy atom. The van der Waals surface area contributed by atoms with E-state index >= 15 is 0 Å². The molecular formula is C16H26N2O3. The van der Waals surface area contributed by atoms with Gasteiger partial charge >= 0.3 is 0 Å². The minimum atomic E-state index is -0.393. The molecule has 0 aliphatic rings. The number of methoxy groups -OCH3 is 1. The van der Waals surface area contributed by atoms with Crippen LogP contribution in [0, 0.1) is 0 Å². The van der Waals surface area contributed by atoms with Crippen molar-refractivity contribution in [3.8, 4) is 5.75 Å². The van der Waals surface area contributed by atoms with Crippen molar-refractivity contribution in [2.75, 3.05) is 32.1 Å². The number of para-hydroxylation sites is 2. The Morgan fingerprint density at radius 1 is 1.38 bits per heavy atom. The van der Waals surface area contributed by atoms with Crippen molar-refractivity contribution in [3.63, 3.8) is 0 Å².